The molecule has 1 aliphatic rings. The maximum absolute atomic E-state index is 6.18. The molecule has 0 amide bonds. The smallest absolute Gasteiger partial charge is 0.0593 e. The largest absolute Gasteiger partial charge is 0.378 e. The molecule has 3 unspecified atom stereocenters. The minimum absolute atomic E-state index is 0.147. The summed E-state index contributed by atoms with van der Waals surface area (Å²) in [6, 6.07) is 0.624. The fraction of sp³-hybridized carbons (Fsp3) is 1.00. The van der Waals surface area contributed by atoms with Gasteiger partial charge in [0.15, 0.2) is 0 Å². The minimum Gasteiger partial charge on any atom is -0.378 e. The van der Waals surface area contributed by atoms with E-state index in [-0.39, 0.29) is 5.54 Å². The summed E-state index contributed by atoms with van der Waals surface area (Å²) in [6.45, 7) is 6.12. The predicted molar refractivity (Wildman–Crippen MR) is 85.9 cm³/mol. The second-order valence-electron chi connectivity index (χ2n) is 5.79. The lowest BCUT2D eigenvalue weighted by molar-refractivity contribution is -0.0757. The summed E-state index contributed by atoms with van der Waals surface area (Å²) < 4.78 is 5.91. The number of hydrogen-bond acceptors (Lipinski definition) is 4. The second kappa shape index (κ2) is 8.50. The van der Waals surface area contributed by atoms with E-state index in [0.29, 0.717) is 12.1 Å². The topological polar surface area (TPSA) is 38.5 Å². The van der Waals surface area contributed by atoms with Crippen molar-refractivity contribution in [3.05, 3.63) is 0 Å². The van der Waals surface area contributed by atoms with E-state index in [9.17, 15) is 0 Å². The number of nitrogens with two attached hydrogens (primary N) is 1. The highest BCUT2D eigenvalue weighted by Gasteiger charge is 2.41. The van der Waals surface area contributed by atoms with Crippen LogP contribution in [0.15, 0.2) is 0 Å². The molecular weight excluding hydrogens is 256 g/mol. The first-order chi connectivity index (χ1) is 9.13. The van der Waals surface area contributed by atoms with Crippen molar-refractivity contribution in [2.24, 2.45) is 5.73 Å². The number of nitrogens with zero attached hydrogens (tertiary/aromatic N) is 1. The summed E-state index contributed by atoms with van der Waals surface area (Å²) >= 11 is 1.93. The van der Waals surface area contributed by atoms with Gasteiger partial charge in [0.2, 0.25) is 0 Å². The summed E-state index contributed by atoms with van der Waals surface area (Å²) in [5.74, 6) is 1.19. The lowest BCUT2D eigenvalue weighted by Crippen LogP contribution is -2.60. The molecule has 3 atom stereocenters. The number of hydrogen-bond donors (Lipinski definition) is 1. The van der Waals surface area contributed by atoms with Gasteiger partial charge in [0.25, 0.3) is 0 Å². The quantitative estimate of drug-likeness (QED) is 0.745. The molecule has 0 bridgehead atoms. The lowest BCUT2D eigenvalue weighted by atomic mass is 9.83. The first-order valence-corrected chi connectivity index (χ1v) is 9.06. The molecule has 0 spiro atoms. The van der Waals surface area contributed by atoms with Gasteiger partial charge < -0.3 is 10.5 Å². The molecule has 1 saturated heterocycles. The molecule has 19 heavy (non-hydrogen) atoms. The third kappa shape index (κ3) is 4.35. The highest BCUT2D eigenvalue weighted by molar-refractivity contribution is 7.98. The second-order valence-corrected chi connectivity index (χ2v) is 6.70. The van der Waals surface area contributed by atoms with Crippen LogP contribution in [0.4, 0.5) is 0 Å². The van der Waals surface area contributed by atoms with E-state index in [0.717, 1.165) is 32.4 Å². The van der Waals surface area contributed by atoms with Gasteiger partial charge >= 0.3 is 0 Å². The SMILES string of the molecule is CCCC1CC(CN)(N(C)C(CC)CSC)CCO1. The van der Waals surface area contributed by atoms with Gasteiger partial charge in [0.05, 0.1) is 6.10 Å². The standard InChI is InChI=1S/C15H32N2OS/c1-5-7-14-10-15(12-16,8-9-18-14)17(3)13(6-2)11-19-4/h13-14H,5-12,16H2,1-4H3. The van der Waals surface area contributed by atoms with Crippen molar-refractivity contribution in [3.8, 4) is 0 Å². The van der Waals surface area contributed by atoms with E-state index in [4.69, 9.17) is 10.5 Å². The zero-order valence-corrected chi connectivity index (χ0v) is 14.0. The Labute approximate surface area is 123 Å². The van der Waals surface area contributed by atoms with E-state index in [1.165, 1.54) is 18.6 Å². The zero-order valence-electron chi connectivity index (χ0n) is 13.2. The average molecular weight is 289 g/mol. The monoisotopic (exact) mass is 288 g/mol. The van der Waals surface area contributed by atoms with Crippen LogP contribution < -0.4 is 5.73 Å². The maximum atomic E-state index is 6.18. The van der Waals surface area contributed by atoms with E-state index in [1.54, 1.807) is 0 Å². The van der Waals surface area contributed by atoms with Gasteiger partial charge in [-0.25, -0.2) is 0 Å². The van der Waals surface area contributed by atoms with Crippen LogP contribution in [-0.4, -0.2) is 54.8 Å². The van der Waals surface area contributed by atoms with Gasteiger partial charge in [-0.05, 0) is 39.0 Å². The number of rotatable bonds is 8. The van der Waals surface area contributed by atoms with E-state index in [1.807, 2.05) is 11.8 Å². The van der Waals surface area contributed by atoms with Crippen LogP contribution in [-0.2, 0) is 4.74 Å². The molecule has 0 saturated carbocycles. The molecule has 0 radical (unpaired) electrons. The fourth-order valence-electron chi connectivity index (χ4n) is 3.24. The summed E-state index contributed by atoms with van der Waals surface area (Å²) in [7, 11) is 2.27. The summed E-state index contributed by atoms with van der Waals surface area (Å²) in [5, 5.41) is 0. The normalized spacial score (nSPS) is 29.7. The first kappa shape index (κ1) is 17.3. The Kier molecular flexibility index (Phi) is 7.73. The maximum Gasteiger partial charge on any atom is 0.0593 e. The van der Waals surface area contributed by atoms with Crippen molar-refractivity contribution < 1.29 is 4.74 Å². The Morgan fingerprint density at radius 3 is 2.74 bits per heavy atom. The minimum atomic E-state index is 0.147. The van der Waals surface area contributed by atoms with Crippen molar-refractivity contribution >= 4 is 11.8 Å². The Morgan fingerprint density at radius 2 is 2.21 bits per heavy atom. The highest BCUT2D eigenvalue weighted by Crippen LogP contribution is 2.33. The molecule has 1 rings (SSSR count). The first-order valence-electron chi connectivity index (χ1n) is 7.67. The Hall–Kier alpha value is 0.230. The molecule has 0 aromatic heterocycles. The van der Waals surface area contributed by atoms with Crippen molar-refractivity contribution in [1.29, 1.82) is 0 Å². The molecule has 3 nitrogen and oxygen atoms in total. The van der Waals surface area contributed by atoms with Crippen LogP contribution in [0.1, 0.15) is 46.0 Å². The van der Waals surface area contributed by atoms with Crippen LogP contribution in [0.25, 0.3) is 0 Å². The van der Waals surface area contributed by atoms with E-state index in [2.05, 4.69) is 32.1 Å². The lowest BCUT2D eigenvalue weighted by Gasteiger charge is -2.49. The third-order valence-corrected chi connectivity index (χ3v) is 5.36. The van der Waals surface area contributed by atoms with Crippen molar-refractivity contribution in [1.82, 2.24) is 4.90 Å². The van der Waals surface area contributed by atoms with Gasteiger partial charge in [0, 0.05) is 30.5 Å². The van der Waals surface area contributed by atoms with Crippen LogP contribution in [0.2, 0.25) is 0 Å². The number of likely N-dealkylation sites (N-methyl/N-ethyl adjacent to an activating group) is 1. The van der Waals surface area contributed by atoms with Crippen molar-refractivity contribution in [2.45, 2.75) is 63.6 Å². The van der Waals surface area contributed by atoms with Crippen LogP contribution in [0, 0.1) is 0 Å². The van der Waals surface area contributed by atoms with Crippen molar-refractivity contribution in [3.63, 3.8) is 0 Å². The third-order valence-electron chi connectivity index (χ3n) is 4.65. The predicted octanol–water partition coefficient (Wildman–Crippen LogP) is 2.74. The number of ether oxygens (including phenoxy) is 1. The van der Waals surface area contributed by atoms with Crippen LogP contribution in [0.5, 0.6) is 0 Å². The van der Waals surface area contributed by atoms with Gasteiger partial charge in [-0.1, -0.05) is 20.3 Å². The molecule has 0 aliphatic carbocycles. The van der Waals surface area contributed by atoms with E-state index >= 15 is 0 Å². The molecule has 1 aliphatic heterocycles. The summed E-state index contributed by atoms with van der Waals surface area (Å²) in [6.07, 6.45) is 8.31. The molecule has 114 valence electrons. The Balaban J connectivity index is 2.76. The molecule has 0 aromatic carbocycles. The van der Waals surface area contributed by atoms with Gasteiger partial charge in [-0.15, -0.1) is 0 Å². The zero-order chi connectivity index (χ0) is 14.3. The van der Waals surface area contributed by atoms with Gasteiger partial charge in [-0.3, -0.25) is 4.90 Å². The number of thioether (sulfide) groups is 1. The van der Waals surface area contributed by atoms with Gasteiger partial charge in [-0.2, -0.15) is 11.8 Å². The summed E-state index contributed by atoms with van der Waals surface area (Å²) in [4.78, 5) is 2.56. The molecular formula is C15H32N2OS. The molecule has 4 heteroatoms. The van der Waals surface area contributed by atoms with Crippen LogP contribution >= 0.6 is 11.8 Å². The van der Waals surface area contributed by atoms with Crippen molar-refractivity contribution in [2.75, 3.05) is 32.2 Å². The molecule has 1 heterocycles. The van der Waals surface area contributed by atoms with Crippen LogP contribution in [0.3, 0.4) is 0 Å². The molecule has 0 aromatic rings. The average Bonchev–Trinajstić information content (AvgIpc) is 2.44. The molecule has 2 N–H and O–H groups in total. The Bertz CT molecular complexity index is 250. The fourth-order valence-corrected chi connectivity index (χ4v) is 4.08. The highest BCUT2D eigenvalue weighted by atomic mass is 32.2. The Morgan fingerprint density at radius 1 is 1.47 bits per heavy atom. The van der Waals surface area contributed by atoms with E-state index < -0.39 is 0 Å². The summed E-state index contributed by atoms with van der Waals surface area (Å²) in [5.41, 5.74) is 6.33. The van der Waals surface area contributed by atoms with Gasteiger partial charge in [0.1, 0.15) is 0 Å². The molecule has 1 fully saturated rings.